The Hall–Kier alpha value is 0.270. The van der Waals surface area contributed by atoms with Crippen LogP contribution >= 0.6 is 11.8 Å². The van der Waals surface area contributed by atoms with Gasteiger partial charge >= 0.3 is 0 Å². The normalized spacial score (nSPS) is 21.4. The molecule has 1 fully saturated rings. The molecule has 1 saturated heterocycles. The zero-order valence-electron chi connectivity index (χ0n) is 9.75. The lowest BCUT2D eigenvalue weighted by Crippen LogP contribution is -2.45. The highest BCUT2D eigenvalue weighted by Gasteiger charge is 2.16. The minimum atomic E-state index is 0.703. The standard InChI is InChI=1S/C11H24N2S/c1-10(2)8-12-9-11(3)13-4-6-14-7-5-13/h10-12H,4-9H2,1-3H3. The van der Waals surface area contributed by atoms with Crippen LogP contribution in [0.3, 0.4) is 0 Å². The predicted octanol–water partition coefficient (Wildman–Crippen LogP) is 1.67. The van der Waals surface area contributed by atoms with E-state index in [0.717, 1.165) is 19.0 Å². The fraction of sp³-hybridized carbons (Fsp3) is 1.00. The molecule has 1 heterocycles. The van der Waals surface area contributed by atoms with Gasteiger partial charge in [-0.1, -0.05) is 13.8 Å². The van der Waals surface area contributed by atoms with E-state index in [1.165, 1.54) is 24.6 Å². The zero-order valence-corrected chi connectivity index (χ0v) is 10.6. The summed E-state index contributed by atoms with van der Waals surface area (Å²) in [6.07, 6.45) is 0. The Morgan fingerprint density at radius 1 is 1.14 bits per heavy atom. The molecule has 1 aliphatic heterocycles. The van der Waals surface area contributed by atoms with E-state index in [1.807, 2.05) is 0 Å². The first-order valence-electron chi connectivity index (χ1n) is 5.72. The SMILES string of the molecule is CC(C)CNCC(C)N1CCSCC1. The van der Waals surface area contributed by atoms with Gasteiger partial charge in [0.25, 0.3) is 0 Å². The smallest absolute Gasteiger partial charge is 0.0193 e. The van der Waals surface area contributed by atoms with Crippen molar-refractivity contribution in [1.82, 2.24) is 10.2 Å². The van der Waals surface area contributed by atoms with Crippen molar-refractivity contribution in [2.45, 2.75) is 26.8 Å². The van der Waals surface area contributed by atoms with Gasteiger partial charge in [-0.3, -0.25) is 4.90 Å². The number of rotatable bonds is 5. The monoisotopic (exact) mass is 216 g/mol. The Bertz CT molecular complexity index is 144. The fourth-order valence-electron chi connectivity index (χ4n) is 1.73. The Balaban J connectivity index is 2.10. The Kier molecular flexibility index (Phi) is 5.90. The summed E-state index contributed by atoms with van der Waals surface area (Å²) < 4.78 is 0. The van der Waals surface area contributed by atoms with E-state index in [4.69, 9.17) is 0 Å². The summed E-state index contributed by atoms with van der Waals surface area (Å²) in [6, 6.07) is 0.703. The number of nitrogens with zero attached hydrogens (tertiary/aromatic N) is 1. The van der Waals surface area contributed by atoms with E-state index in [9.17, 15) is 0 Å². The van der Waals surface area contributed by atoms with Crippen molar-refractivity contribution in [1.29, 1.82) is 0 Å². The Morgan fingerprint density at radius 2 is 1.79 bits per heavy atom. The molecule has 0 bridgehead atoms. The molecule has 84 valence electrons. The van der Waals surface area contributed by atoms with Gasteiger partial charge in [0.1, 0.15) is 0 Å². The van der Waals surface area contributed by atoms with E-state index >= 15 is 0 Å². The molecule has 3 heteroatoms. The van der Waals surface area contributed by atoms with Crippen LogP contribution in [0.15, 0.2) is 0 Å². The molecule has 0 saturated carbocycles. The highest BCUT2D eigenvalue weighted by Crippen LogP contribution is 2.11. The summed E-state index contributed by atoms with van der Waals surface area (Å²) in [6.45, 7) is 11.7. The van der Waals surface area contributed by atoms with Gasteiger partial charge in [0.05, 0.1) is 0 Å². The minimum absolute atomic E-state index is 0.703. The molecule has 0 aromatic carbocycles. The lowest BCUT2D eigenvalue weighted by atomic mass is 10.2. The van der Waals surface area contributed by atoms with Gasteiger partial charge < -0.3 is 5.32 Å². The quantitative estimate of drug-likeness (QED) is 0.752. The number of nitrogens with one attached hydrogen (secondary N) is 1. The van der Waals surface area contributed by atoms with Gasteiger partial charge in [0.15, 0.2) is 0 Å². The summed E-state index contributed by atoms with van der Waals surface area (Å²) in [7, 11) is 0. The summed E-state index contributed by atoms with van der Waals surface area (Å²) in [5.41, 5.74) is 0. The summed E-state index contributed by atoms with van der Waals surface area (Å²) in [5.74, 6) is 3.39. The molecule has 0 amide bonds. The van der Waals surface area contributed by atoms with Crippen LogP contribution in [0, 0.1) is 5.92 Å². The highest BCUT2D eigenvalue weighted by molar-refractivity contribution is 7.99. The molecule has 0 aromatic rings. The zero-order chi connectivity index (χ0) is 10.4. The lowest BCUT2D eigenvalue weighted by Gasteiger charge is -2.32. The number of hydrogen-bond acceptors (Lipinski definition) is 3. The average molecular weight is 216 g/mol. The van der Waals surface area contributed by atoms with Gasteiger partial charge in [0.2, 0.25) is 0 Å². The second-order valence-corrected chi connectivity index (χ2v) is 5.77. The number of hydrogen-bond donors (Lipinski definition) is 1. The van der Waals surface area contributed by atoms with Crippen LogP contribution < -0.4 is 5.32 Å². The third-order valence-corrected chi connectivity index (χ3v) is 3.60. The fourth-order valence-corrected chi connectivity index (χ4v) is 2.66. The molecule has 0 spiro atoms. The van der Waals surface area contributed by atoms with E-state index in [0.29, 0.717) is 6.04 Å². The second-order valence-electron chi connectivity index (χ2n) is 4.55. The maximum Gasteiger partial charge on any atom is 0.0193 e. The van der Waals surface area contributed by atoms with Gasteiger partial charge in [-0.2, -0.15) is 11.8 Å². The molecular weight excluding hydrogens is 192 g/mol. The molecule has 1 atom stereocenters. The van der Waals surface area contributed by atoms with Crippen molar-refractivity contribution in [3.8, 4) is 0 Å². The van der Waals surface area contributed by atoms with Crippen molar-refractivity contribution >= 4 is 11.8 Å². The lowest BCUT2D eigenvalue weighted by molar-refractivity contribution is 0.223. The molecule has 1 rings (SSSR count). The van der Waals surface area contributed by atoms with Crippen LogP contribution in [0.25, 0.3) is 0 Å². The highest BCUT2D eigenvalue weighted by atomic mass is 32.2. The minimum Gasteiger partial charge on any atom is -0.315 e. The summed E-state index contributed by atoms with van der Waals surface area (Å²) in [5, 5.41) is 3.53. The maximum absolute atomic E-state index is 3.53. The van der Waals surface area contributed by atoms with Crippen LogP contribution in [-0.4, -0.2) is 48.6 Å². The van der Waals surface area contributed by atoms with E-state index in [-0.39, 0.29) is 0 Å². The van der Waals surface area contributed by atoms with Gasteiger partial charge in [-0.15, -0.1) is 0 Å². The van der Waals surface area contributed by atoms with Gasteiger partial charge in [-0.25, -0.2) is 0 Å². The average Bonchev–Trinajstić information content (AvgIpc) is 2.18. The van der Waals surface area contributed by atoms with E-state index in [2.05, 4.69) is 42.7 Å². The van der Waals surface area contributed by atoms with E-state index < -0.39 is 0 Å². The molecule has 0 aromatic heterocycles. The van der Waals surface area contributed by atoms with Gasteiger partial charge in [0, 0.05) is 37.2 Å². The Morgan fingerprint density at radius 3 is 2.36 bits per heavy atom. The molecule has 14 heavy (non-hydrogen) atoms. The van der Waals surface area contributed by atoms with Crippen LogP contribution in [0.2, 0.25) is 0 Å². The predicted molar refractivity (Wildman–Crippen MR) is 66.1 cm³/mol. The molecule has 1 N–H and O–H groups in total. The van der Waals surface area contributed by atoms with Gasteiger partial charge in [-0.05, 0) is 19.4 Å². The van der Waals surface area contributed by atoms with Crippen molar-refractivity contribution < 1.29 is 0 Å². The summed E-state index contributed by atoms with van der Waals surface area (Å²) in [4.78, 5) is 2.60. The van der Waals surface area contributed by atoms with Crippen molar-refractivity contribution in [2.75, 3.05) is 37.7 Å². The summed E-state index contributed by atoms with van der Waals surface area (Å²) >= 11 is 2.08. The molecule has 1 aliphatic rings. The maximum atomic E-state index is 3.53. The molecule has 0 radical (unpaired) electrons. The van der Waals surface area contributed by atoms with Crippen LogP contribution in [-0.2, 0) is 0 Å². The van der Waals surface area contributed by atoms with Crippen molar-refractivity contribution in [2.24, 2.45) is 5.92 Å². The van der Waals surface area contributed by atoms with Crippen LogP contribution in [0.1, 0.15) is 20.8 Å². The van der Waals surface area contributed by atoms with Crippen molar-refractivity contribution in [3.63, 3.8) is 0 Å². The van der Waals surface area contributed by atoms with E-state index in [1.54, 1.807) is 0 Å². The molecular formula is C11H24N2S. The van der Waals surface area contributed by atoms with Crippen LogP contribution in [0.4, 0.5) is 0 Å². The molecule has 1 unspecified atom stereocenters. The third-order valence-electron chi connectivity index (χ3n) is 2.66. The third kappa shape index (κ3) is 4.67. The van der Waals surface area contributed by atoms with Crippen LogP contribution in [0.5, 0.6) is 0 Å². The largest absolute Gasteiger partial charge is 0.315 e. The second kappa shape index (κ2) is 6.70. The van der Waals surface area contributed by atoms with Crippen molar-refractivity contribution in [3.05, 3.63) is 0 Å². The molecule has 2 nitrogen and oxygen atoms in total. The number of thioether (sulfide) groups is 1. The first kappa shape index (κ1) is 12.3. The Labute approximate surface area is 92.8 Å². The topological polar surface area (TPSA) is 15.3 Å². The first-order chi connectivity index (χ1) is 6.70. The first-order valence-corrected chi connectivity index (χ1v) is 6.88. The molecule has 0 aliphatic carbocycles.